The van der Waals surface area contributed by atoms with E-state index in [0.29, 0.717) is 45.0 Å². The summed E-state index contributed by atoms with van der Waals surface area (Å²) in [6, 6.07) is 20.1. The first-order chi connectivity index (χ1) is 15.6. The summed E-state index contributed by atoms with van der Waals surface area (Å²) in [5, 5.41) is 11.4. The van der Waals surface area contributed by atoms with Gasteiger partial charge in [0.25, 0.3) is 5.91 Å². The Morgan fingerprint density at radius 3 is 2.19 bits per heavy atom. The van der Waals surface area contributed by atoms with Crippen molar-refractivity contribution in [2.24, 2.45) is 0 Å². The Morgan fingerprint density at radius 2 is 1.44 bits per heavy atom. The Kier molecular flexibility index (Phi) is 6.75. The first-order valence-corrected chi connectivity index (χ1v) is 10.7. The number of fused-ring (bicyclic) bond motifs is 1. The molecule has 7 heteroatoms. The highest BCUT2D eigenvalue weighted by Gasteiger charge is 2.24. The molecule has 1 N–H and O–H groups in total. The molecule has 4 rings (SSSR count). The van der Waals surface area contributed by atoms with Crippen molar-refractivity contribution in [1.82, 2.24) is 9.80 Å². The van der Waals surface area contributed by atoms with Gasteiger partial charge in [0.1, 0.15) is 17.2 Å². The van der Waals surface area contributed by atoms with Gasteiger partial charge in [-0.2, -0.15) is 0 Å². The van der Waals surface area contributed by atoms with E-state index in [1.54, 1.807) is 21.9 Å². The molecule has 0 radical (unpaired) electrons. The Bertz CT molecular complexity index is 1070. The molecule has 0 spiro atoms. The summed E-state index contributed by atoms with van der Waals surface area (Å²) >= 11 is 0. The summed E-state index contributed by atoms with van der Waals surface area (Å²) in [6.45, 7) is 2.20. The topological polar surface area (TPSA) is 79.3 Å². The third-order valence-corrected chi connectivity index (χ3v) is 5.51. The molecular formula is C25H26N2O5. The third kappa shape index (κ3) is 5.29. The van der Waals surface area contributed by atoms with Gasteiger partial charge in [-0.05, 0) is 35.7 Å². The van der Waals surface area contributed by atoms with Gasteiger partial charge in [0.2, 0.25) is 5.91 Å². The second-order valence-electron chi connectivity index (χ2n) is 7.62. The molecular weight excluding hydrogens is 408 g/mol. The molecule has 0 atom stereocenters. The number of amides is 2. The zero-order valence-electron chi connectivity index (χ0n) is 17.8. The Hall–Kier alpha value is -3.74. The van der Waals surface area contributed by atoms with Gasteiger partial charge in [0.15, 0.2) is 6.61 Å². The molecule has 1 aliphatic heterocycles. The Labute approximate surface area is 186 Å². The zero-order chi connectivity index (χ0) is 22.3. The quantitative estimate of drug-likeness (QED) is 0.618. The number of carbonyl (C=O) groups is 2. The summed E-state index contributed by atoms with van der Waals surface area (Å²) < 4.78 is 11.4. The van der Waals surface area contributed by atoms with Crippen molar-refractivity contribution < 1.29 is 24.2 Å². The number of carbonyl (C=O) groups excluding carboxylic acids is 2. The number of hydrogen-bond donors (Lipinski definition) is 1. The SMILES string of the molecule is O=C(CCOc1cccc2ccccc12)N1CCN(C(=O)COc2ccc(O)cc2)CC1. The van der Waals surface area contributed by atoms with Crippen LogP contribution in [0.4, 0.5) is 0 Å². The summed E-state index contributed by atoms with van der Waals surface area (Å²) in [6.07, 6.45) is 0.293. The predicted octanol–water partition coefficient (Wildman–Crippen LogP) is 3.06. The maximum atomic E-state index is 12.6. The van der Waals surface area contributed by atoms with Crippen LogP contribution in [0.15, 0.2) is 66.7 Å². The average molecular weight is 434 g/mol. The van der Waals surface area contributed by atoms with Crippen molar-refractivity contribution in [3.8, 4) is 17.2 Å². The maximum Gasteiger partial charge on any atom is 0.260 e. The monoisotopic (exact) mass is 434 g/mol. The van der Waals surface area contributed by atoms with Gasteiger partial charge in [-0.15, -0.1) is 0 Å². The van der Waals surface area contributed by atoms with Gasteiger partial charge in [-0.25, -0.2) is 0 Å². The summed E-state index contributed by atoms with van der Waals surface area (Å²) in [4.78, 5) is 28.4. The van der Waals surface area contributed by atoms with Crippen molar-refractivity contribution in [2.75, 3.05) is 39.4 Å². The minimum atomic E-state index is -0.121. The first kappa shape index (κ1) is 21.5. The lowest BCUT2D eigenvalue weighted by molar-refractivity contribution is -0.141. The van der Waals surface area contributed by atoms with Crippen molar-refractivity contribution in [3.05, 3.63) is 66.7 Å². The van der Waals surface area contributed by atoms with Crippen LogP contribution in [0.2, 0.25) is 0 Å². The van der Waals surface area contributed by atoms with Gasteiger partial charge in [0, 0.05) is 31.6 Å². The molecule has 1 fully saturated rings. The number of nitrogens with zero attached hydrogens (tertiary/aromatic N) is 2. The summed E-state index contributed by atoms with van der Waals surface area (Å²) in [5.74, 6) is 1.35. The summed E-state index contributed by atoms with van der Waals surface area (Å²) in [5.41, 5.74) is 0. The van der Waals surface area contributed by atoms with E-state index < -0.39 is 0 Å². The zero-order valence-corrected chi connectivity index (χ0v) is 17.8. The fourth-order valence-electron chi connectivity index (χ4n) is 3.71. The first-order valence-electron chi connectivity index (χ1n) is 10.7. The molecule has 166 valence electrons. The van der Waals surface area contributed by atoms with Crippen LogP contribution in [-0.2, 0) is 9.59 Å². The van der Waals surface area contributed by atoms with Gasteiger partial charge < -0.3 is 24.4 Å². The van der Waals surface area contributed by atoms with Crippen LogP contribution in [0.25, 0.3) is 10.8 Å². The van der Waals surface area contributed by atoms with E-state index in [1.807, 2.05) is 42.5 Å². The van der Waals surface area contributed by atoms with E-state index in [1.165, 1.54) is 12.1 Å². The van der Waals surface area contributed by atoms with Gasteiger partial charge in [-0.3, -0.25) is 9.59 Å². The standard InChI is InChI=1S/C25H26N2O5/c28-20-8-10-21(11-9-20)32-18-25(30)27-15-13-26(14-16-27)24(29)12-17-31-23-7-3-5-19-4-1-2-6-22(19)23/h1-11,28H,12-18H2. The van der Waals surface area contributed by atoms with Crippen LogP contribution in [0.5, 0.6) is 17.2 Å². The number of aromatic hydroxyl groups is 1. The lowest BCUT2D eigenvalue weighted by atomic mass is 10.1. The van der Waals surface area contributed by atoms with E-state index in [9.17, 15) is 14.7 Å². The number of piperazine rings is 1. The van der Waals surface area contributed by atoms with Crippen molar-refractivity contribution >= 4 is 22.6 Å². The minimum Gasteiger partial charge on any atom is -0.508 e. The van der Waals surface area contributed by atoms with E-state index in [0.717, 1.165) is 16.5 Å². The number of phenolic OH excluding ortho intramolecular Hbond substituents is 1. The molecule has 0 unspecified atom stereocenters. The molecule has 0 bridgehead atoms. The number of phenols is 1. The van der Waals surface area contributed by atoms with E-state index in [4.69, 9.17) is 9.47 Å². The molecule has 1 saturated heterocycles. The fraction of sp³-hybridized carbons (Fsp3) is 0.280. The highest BCUT2D eigenvalue weighted by molar-refractivity contribution is 5.88. The second-order valence-corrected chi connectivity index (χ2v) is 7.62. The average Bonchev–Trinajstić information content (AvgIpc) is 2.83. The number of rotatable bonds is 7. The molecule has 3 aromatic rings. The lowest BCUT2D eigenvalue weighted by Gasteiger charge is -2.34. The number of benzene rings is 3. The molecule has 32 heavy (non-hydrogen) atoms. The molecule has 0 aliphatic carbocycles. The van der Waals surface area contributed by atoms with Crippen molar-refractivity contribution in [1.29, 1.82) is 0 Å². The minimum absolute atomic E-state index is 0.0256. The maximum absolute atomic E-state index is 12.6. The molecule has 7 nitrogen and oxygen atoms in total. The highest BCUT2D eigenvalue weighted by Crippen LogP contribution is 2.25. The molecule has 0 saturated carbocycles. The van der Waals surface area contributed by atoms with E-state index in [-0.39, 0.29) is 24.2 Å². The van der Waals surface area contributed by atoms with Crippen LogP contribution in [-0.4, -0.2) is 66.1 Å². The van der Waals surface area contributed by atoms with Crippen molar-refractivity contribution in [3.63, 3.8) is 0 Å². The normalized spacial score (nSPS) is 13.8. The second kappa shape index (κ2) is 10.0. The number of hydrogen-bond acceptors (Lipinski definition) is 5. The van der Waals surface area contributed by atoms with E-state index in [2.05, 4.69) is 0 Å². The summed E-state index contributed by atoms with van der Waals surface area (Å²) in [7, 11) is 0. The number of ether oxygens (including phenoxy) is 2. The van der Waals surface area contributed by atoms with Crippen LogP contribution in [0, 0.1) is 0 Å². The van der Waals surface area contributed by atoms with Crippen LogP contribution in [0.1, 0.15) is 6.42 Å². The third-order valence-electron chi connectivity index (χ3n) is 5.51. The van der Waals surface area contributed by atoms with Crippen molar-refractivity contribution in [2.45, 2.75) is 6.42 Å². The Balaban J connectivity index is 1.19. The lowest BCUT2D eigenvalue weighted by Crippen LogP contribution is -2.51. The van der Waals surface area contributed by atoms with E-state index >= 15 is 0 Å². The van der Waals surface area contributed by atoms with Crippen LogP contribution >= 0.6 is 0 Å². The highest BCUT2D eigenvalue weighted by atomic mass is 16.5. The van der Waals surface area contributed by atoms with Gasteiger partial charge in [0.05, 0.1) is 13.0 Å². The largest absolute Gasteiger partial charge is 0.508 e. The Morgan fingerprint density at radius 1 is 0.781 bits per heavy atom. The molecule has 2 amide bonds. The van der Waals surface area contributed by atoms with Crippen LogP contribution in [0.3, 0.4) is 0 Å². The van der Waals surface area contributed by atoms with Crippen LogP contribution < -0.4 is 9.47 Å². The predicted molar refractivity (Wildman–Crippen MR) is 121 cm³/mol. The molecule has 1 heterocycles. The van der Waals surface area contributed by atoms with Gasteiger partial charge >= 0.3 is 0 Å². The molecule has 0 aromatic heterocycles. The molecule has 1 aliphatic rings. The van der Waals surface area contributed by atoms with Gasteiger partial charge in [-0.1, -0.05) is 36.4 Å². The fourth-order valence-corrected chi connectivity index (χ4v) is 3.71. The molecule has 3 aromatic carbocycles. The smallest absolute Gasteiger partial charge is 0.260 e.